The zero-order valence-corrected chi connectivity index (χ0v) is 19.9. The Morgan fingerprint density at radius 2 is 1.66 bits per heavy atom. The van der Waals surface area contributed by atoms with Gasteiger partial charge < -0.3 is 10.1 Å². The maximum Gasteiger partial charge on any atom is 0.261 e. The number of primary sulfonamides is 1. The van der Waals surface area contributed by atoms with Crippen molar-refractivity contribution in [2.24, 2.45) is 5.14 Å². The van der Waals surface area contributed by atoms with Crippen LogP contribution in [0.4, 0.5) is 5.69 Å². The van der Waals surface area contributed by atoms with Crippen LogP contribution in [-0.4, -0.2) is 38.1 Å². The second kappa shape index (κ2) is 9.32. The van der Waals surface area contributed by atoms with Gasteiger partial charge in [-0.2, -0.15) is 0 Å². The van der Waals surface area contributed by atoms with E-state index in [2.05, 4.69) is 5.32 Å². The van der Waals surface area contributed by atoms with E-state index in [1.165, 1.54) is 19.2 Å². The van der Waals surface area contributed by atoms with Crippen molar-refractivity contribution in [1.82, 2.24) is 4.90 Å². The van der Waals surface area contributed by atoms with E-state index < -0.39 is 27.7 Å². The molecule has 3 aromatic rings. The first kappa shape index (κ1) is 24.1. The number of anilines is 1. The van der Waals surface area contributed by atoms with Gasteiger partial charge in [0, 0.05) is 5.69 Å². The molecule has 0 bridgehead atoms. The molecule has 35 heavy (non-hydrogen) atoms. The van der Waals surface area contributed by atoms with Gasteiger partial charge in [-0.1, -0.05) is 31.2 Å². The Morgan fingerprint density at radius 3 is 2.23 bits per heavy atom. The van der Waals surface area contributed by atoms with Crippen molar-refractivity contribution in [3.8, 4) is 5.75 Å². The van der Waals surface area contributed by atoms with Crippen LogP contribution in [-0.2, 0) is 23.0 Å². The van der Waals surface area contributed by atoms with E-state index in [4.69, 9.17) is 9.88 Å². The van der Waals surface area contributed by atoms with Crippen molar-refractivity contribution in [1.29, 1.82) is 0 Å². The molecular weight excluding hydrogens is 470 g/mol. The number of ether oxygens (including phenoxy) is 1. The Bertz CT molecular complexity index is 1430. The van der Waals surface area contributed by atoms with Gasteiger partial charge in [-0.25, -0.2) is 13.6 Å². The average Bonchev–Trinajstić information content (AvgIpc) is 3.08. The molecule has 0 saturated heterocycles. The monoisotopic (exact) mass is 493 g/mol. The largest absolute Gasteiger partial charge is 0.496 e. The predicted octanol–water partition coefficient (Wildman–Crippen LogP) is 2.95. The number of nitrogens with two attached hydrogens (primary N) is 1. The molecule has 0 saturated carbocycles. The topological polar surface area (TPSA) is 136 Å². The van der Waals surface area contributed by atoms with Crippen molar-refractivity contribution in [3.63, 3.8) is 0 Å². The molecule has 10 heteroatoms. The molecular formula is C25H23N3O6S. The predicted molar refractivity (Wildman–Crippen MR) is 129 cm³/mol. The molecule has 9 nitrogen and oxygen atoms in total. The van der Waals surface area contributed by atoms with Crippen LogP contribution in [0, 0.1) is 0 Å². The van der Waals surface area contributed by atoms with Gasteiger partial charge in [-0.05, 0) is 53.9 Å². The summed E-state index contributed by atoms with van der Waals surface area (Å²) in [5.74, 6) is -1.10. The summed E-state index contributed by atoms with van der Waals surface area (Å²) >= 11 is 0. The number of sulfonamides is 1. The molecule has 0 aromatic heterocycles. The van der Waals surface area contributed by atoms with Crippen LogP contribution >= 0.6 is 0 Å². The summed E-state index contributed by atoms with van der Waals surface area (Å²) in [5, 5.41) is 7.98. The number of nitrogens with zero attached hydrogens (tertiary/aromatic N) is 1. The number of hydrogen-bond acceptors (Lipinski definition) is 6. The van der Waals surface area contributed by atoms with Crippen LogP contribution in [0.15, 0.2) is 65.6 Å². The quantitative estimate of drug-likeness (QED) is 0.486. The van der Waals surface area contributed by atoms with E-state index in [1.54, 1.807) is 55.5 Å². The summed E-state index contributed by atoms with van der Waals surface area (Å²) in [6.45, 7) is 1.77. The Labute approximate surface area is 202 Å². The van der Waals surface area contributed by atoms with Crippen LogP contribution < -0.4 is 15.2 Å². The van der Waals surface area contributed by atoms with E-state index in [1.807, 2.05) is 0 Å². The van der Waals surface area contributed by atoms with E-state index in [-0.39, 0.29) is 28.4 Å². The van der Waals surface area contributed by atoms with Gasteiger partial charge in [0.15, 0.2) is 0 Å². The molecule has 0 spiro atoms. The number of fused-ring (bicyclic) bond motifs is 1. The maximum absolute atomic E-state index is 13.1. The van der Waals surface area contributed by atoms with E-state index in [0.717, 1.165) is 4.90 Å². The number of amides is 3. The highest BCUT2D eigenvalue weighted by atomic mass is 32.2. The average molecular weight is 494 g/mol. The van der Waals surface area contributed by atoms with Crippen LogP contribution in [0.1, 0.15) is 49.1 Å². The Balaban J connectivity index is 1.61. The van der Waals surface area contributed by atoms with E-state index in [9.17, 15) is 22.8 Å². The molecule has 0 fully saturated rings. The van der Waals surface area contributed by atoms with Gasteiger partial charge in [0.25, 0.3) is 17.7 Å². The fourth-order valence-corrected chi connectivity index (χ4v) is 4.85. The maximum atomic E-state index is 13.1. The lowest BCUT2D eigenvalue weighted by Gasteiger charge is -2.16. The molecule has 3 aromatic carbocycles. The van der Waals surface area contributed by atoms with Gasteiger partial charge in [0.1, 0.15) is 5.75 Å². The van der Waals surface area contributed by atoms with Crippen LogP contribution in [0.2, 0.25) is 0 Å². The third-order valence-electron chi connectivity index (χ3n) is 5.74. The molecule has 180 valence electrons. The summed E-state index contributed by atoms with van der Waals surface area (Å²) < 4.78 is 29.2. The number of carbonyl (C=O) groups excluding carboxylic acids is 3. The highest BCUT2D eigenvalue weighted by Gasteiger charge is 2.35. The normalized spacial score (nSPS) is 13.1. The molecule has 3 N–H and O–H groups in total. The van der Waals surface area contributed by atoms with Gasteiger partial charge >= 0.3 is 0 Å². The fraction of sp³-hybridized carbons (Fsp3) is 0.160. The van der Waals surface area contributed by atoms with Crippen molar-refractivity contribution >= 4 is 33.4 Å². The van der Waals surface area contributed by atoms with Crippen LogP contribution in [0.5, 0.6) is 5.75 Å². The minimum absolute atomic E-state index is 0.0304. The summed E-state index contributed by atoms with van der Waals surface area (Å²) in [4.78, 5) is 39.5. The van der Waals surface area contributed by atoms with Crippen molar-refractivity contribution < 1.29 is 27.5 Å². The Hall–Kier alpha value is -4.02. The number of methoxy groups -OCH3 is 1. The summed E-state index contributed by atoms with van der Waals surface area (Å²) in [5.41, 5.74) is 2.14. The lowest BCUT2D eigenvalue weighted by molar-refractivity contribution is 0.0642. The highest BCUT2D eigenvalue weighted by Crippen LogP contribution is 2.27. The first-order valence-corrected chi connectivity index (χ1v) is 12.3. The minimum Gasteiger partial charge on any atom is -0.496 e. The van der Waals surface area contributed by atoms with E-state index >= 15 is 0 Å². The lowest BCUT2D eigenvalue weighted by Crippen LogP contribution is -2.29. The number of nitrogens with one attached hydrogen (secondary N) is 1. The van der Waals surface area contributed by atoms with Gasteiger partial charge in [0.2, 0.25) is 10.0 Å². The smallest absolute Gasteiger partial charge is 0.261 e. The second-order valence-corrected chi connectivity index (χ2v) is 9.48. The summed E-state index contributed by atoms with van der Waals surface area (Å²) in [6.07, 6.45) is 0.452. The third kappa shape index (κ3) is 4.66. The Kier molecular flexibility index (Phi) is 6.42. The standard InChI is InChI=1S/C25H23N3O6S/c1-3-16-9-10-17(13-22(16)35(26,32)33)27-23(29)20-12-15(8-11-21(20)34-2)14-28-24(30)18-6-4-5-7-19(18)25(28)31/h4-13H,3,14H2,1-2H3,(H,27,29)(H2,26,32,33). The number of aryl methyl sites for hydroxylation is 1. The fourth-order valence-electron chi connectivity index (χ4n) is 3.98. The van der Waals surface area contributed by atoms with Crippen molar-refractivity contribution in [2.75, 3.05) is 12.4 Å². The number of benzene rings is 3. The molecule has 0 radical (unpaired) electrons. The van der Waals surface area contributed by atoms with Gasteiger partial charge in [0.05, 0.1) is 35.2 Å². The highest BCUT2D eigenvalue weighted by molar-refractivity contribution is 7.89. The Morgan fingerprint density at radius 1 is 1.00 bits per heavy atom. The number of imide groups is 1. The SMILES string of the molecule is CCc1ccc(NC(=O)c2cc(CN3C(=O)c4ccccc4C3=O)ccc2OC)cc1S(N)(=O)=O. The molecule has 0 atom stereocenters. The number of rotatable bonds is 7. The summed E-state index contributed by atoms with van der Waals surface area (Å²) in [6, 6.07) is 15.8. The number of carbonyl (C=O) groups is 3. The van der Waals surface area contributed by atoms with E-state index in [0.29, 0.717) is 28.7 Å². The van der Waals surface area contributed by atoms with Gasteiger partial charge in [-0.15, -0.1) is 0 Å². The van der Waals surface area contributed by atoms with Crippen molar-refractivity contribution in [2.45, 2.75) is 24.8 Å². The molecule has 3 amide bonds. The van der Waals surface area contributed by atoms with Crippen LogP contribution in [0.3, 0.4) is 0 Å². The number of hydrogen-bond donors (Lipinski definition) is 2. The first-order chi connectivity index (χ1) is 16.6. The van der Waals surface area contributed by atoms with Gasteiger partial charge in [-0.3, -0.25) is 19.3 Å². The molecule has 1 aliphatic heterocycles. The first-order valence-electron chi connectivity index (χ1n) is 10.7. The molecule has 0 aliphatic carbocycles. The zero-order valence-electron chi connectivity index (χ0n) is 19.1. The van der Waals surface area contributed by atoms with Crippen LogP contribution in [0.25, 0.3) is 0 Å². The van der Waals surface area contributed by atoms with Crippen molar-refractivity contribution in [3.05, 3.63) is 88.5 Å². The zero-order chi connectivity index (χ0) is 25.3. The molecule has 4 rings (SSSR count). The minimum atomic E-state index is -3.98. The third-order valence-corrected chi connectivity index (χ3v) is 6.73. The molecule has 1 heterocycles. The summed E-state index contributed by atoms with van der Waals surface area (Å²) in [7, 11) is -2.57. The molecule has 1 aliphatic rings. The lowest BCUT2D eigenvalue weighted by atomic mass is 10.1. The second-order valence-electron chi connectivity index (χ2n) is 7.95. The molecule has 0 unspecified atom stereocenters.